The normalized spacial score (nSPS) is 10.3. The van der Waals surface area contributed by atoms with Gasteiger partial charge in [0.2, 0.25) is 5.91 Å². The topological polar surface area (TPSA) is 71.1 Å². The number of hydrogen-bond acceptors (Lipinski definition) is 3. The van der Waals surface area contributed by atoms with Crippen molar-refractivity contribution in [1.82, 2.24) is 4.98 Å². The van der Waals surface area contributed by atoms with Crippen LogP contribution in [0.25, 0.3) is 0 Å². The van der Waals surface area contributed by atoms with E-state index in [4.69, 9.17) is 11.6 Å². The minimum Gasteiger partial charge on any atom is -0.324 e. The number of rotatable bonds is 5. The van der Waals surface area contributed by atoms with E-state index in [0.29, 0.717) is 22.1 Å². The van der Waals surface area contributed by atoms with Crippen molar-refractivity contribution < 1.29 is 9.59 Å². The molecule has 0 spiro atoms. The third kappa shape index (κ3) is 5.64. The molecule has 1 heterocycles. The summed E-state index contributed by atoms with van der Waals surface area (Å²) in [7, 11) is 0. The predicted octanol–water partition coefficient (Wildman–Crippen LogP) is 4.93. The van der Waals surface area contributed by atoms with Crippen LogP contribution < -0.4 is 10.6 Å². The molecule has 3 rings (SSSR count). The van der Waals surface area contributed by atoms with Gasteiger partial charge >= 0.3 is 0 Å². The van der Waals surface area contributed by atoms with E-state index in [1.165, 1.54) is 6.20 Å². The lowest BCUT2D eigenvalue weighted by atomic mass is 10.1. The maximum atomic E-state index is 12.2. The van der Waals surface area contributed by atoms with Crippen molar-refractivity contribution in [3.05, 3.63) is 87.6 Å². The predicted molar refractivity (Wildman–Crippen MR) is 110 cm³/mol. The summed E-state index contributed by atoms with van der Waals surface area (Å²) < 4.78 is 0.913. The number of nitrogens with one attached hydrogen (secondary N) is 2. The molecule has 0 radical (unpaired) electrons. The molecule has 136 valence electrons. The number of carbonyl (C=O) groups is 2. The Kier molecular flexibility index (Phi) is 6.21. The lowest BCUT2D eigenvalue weighted by Crippen LogP contribution is -2.15. The summed E-state index contributed by atoms with van der Waals surface area (Å²) in [5, 5.41) is 5.95. The van der Waals surface area contributed by atoms with Gasteiger partial charge in [0, 0.05) is 15.7 Å². The van der Waals surface area contributed by atoms with Crippen molar-refractivity contribution in [3.63, 3.8) is 0 Å². The van der Waals surface area contributed by atoms with E-state index >= 15 is 0 Å². The second-order valence-corrected chi connectivity index (χ2v) is 7.06. The summed E-state index contributed by atoms with van der Waals surface area (Å²) in [6.07, 6.45) is 1.71. The number of benzene rings is 2. The van der Waals surface area contributed by atoms with E-state index in [9.17, 15) is 9.59 Å². The van der Waals surface area contributed by atoms with Crippen LogP contribution in [0.4, 0.5) is 11.4 Å². The second kappa shape index (κ2) is 8.79. The molecule has 1 aromatic heterocycles. The monoisotopic (exact) mass is 443 g/mol. The van der Waals surface area contributed by atoms with E-state index in [1.54, 1.807) is 48.5 Å². The molecule has 3 aromatic rings. The minimum absolute atomic E-state index is 0.161. The first-order valence-corrected chi connectivity index (χ1v) is 9.24. The molecule has 2 aromatic carbocycles. The van der Waals surface area contributed by atoms with Crippen molar-refractivity contribution in [3.8, 4) is 0 Å². The first-order chi connectivity index (χ1) is 13.0. The van der Waals surface area contributed by atoms with Gasteiger partial charge in [0.15, 0.2) is 0 Å². The minimum atomic E-state index is -0.191. The Morgan fingerprint density at radius 3 is 2.19 bits per heavy atom. The van der Waals surface area contributed by atoms with Crippen molar-refractivity contribution >= 4 is 50.7 Å². The van der Waals surface area contributed by atoms with Crippen LogP contribution in [0.3, 0.4) is 0 Å². The summed E-state index contributed by atoms with van der Waals surface area (Å²) >= 11 is 9.06. The molecule has 7 heteroatoms. The van der Waals surface area contributed by atoms with Crippen molar-refractivity contribution in [2.45, 2.75) is 6.42 Å². The highest BCUT2D eigenvalue weighted by Crippen LogP contribution is 2.15. The molecule has 2 amide bonds. The Bertz CT molecular complexity index is 942. The van der Waals surface area contributed by atoms with Crippen molar-refractivity contribution in [2.75, 3.05) is 10.6 Å². The highest BCUT2D eigenvalue weighted by molar-refractivity contribution is 9.10. The average molecular weight is 445 g/mol. The molecular formula is C20H15BrClN3O2. The average Bonchev–Trinajstić information content (AvgIpc) is 2.66. The van der Waals surface area contributed by atoms with Crippen LogP contribution in [0.1, 0.15) is 15.9 Å². The highest BCUT2D eigenvalue weighted by atomic mass is 79.9. The van der Waals surface area contributed by atoms with Gasteiger partial charge in [0.1, 0.15) is 5.15 Å². The van der Waals surface area contributed by atoms with Gasteiger partial charge in [-0.2, -0.15) is 0 Å². The third-order valence-corrected chi connectivity index (χ3v) is 4.45. The van der Waals surface area contributed by atoms with Crippen LogP contribution in [0.2, 0.25) is 5.15 Å². The molecule has 0 unspecified atom stereocenters. The molecule has 5 nitrogen and oxygen atoms in total. The van der Waals surface area contributed by atoms with Crippen LogP contribution in [-0.2, 0) is 11.2 Å². The number of aromatic nitrogens is 1. The SMILES string of the molecule is O=C(Cc1ccc(NC(=O)c2ccc(Br)cc2)cc1)Nc1ccc(Cl)nc1. The van der Waals surface area contributed by atoms with E-state index in [-0.39, 0.29) is 18.2 Å². The highest BCUT2D eigenvalue weighted by Gasteiger charge is 2.08. The van der Waals surface area contributed by atoms with Gasteiger partial charge in [0.05, 0.1) is 18.3 Å². The fraction of sp³-hybridized carbons (Fsp3) is 0.0500. The summed E-state index contributed by atoms with van der Waals surface area (Å²) in [5.74, 6) is -0.353. The molecule has 2 N–H and O–H groups in total. The molecule has 0 saturated carbocycles. The molecule has 0 atom stereocenters. The van der Waals surface area contributed by atoms with Gasteiger partial charge in [-0.25, -0.2) is 4.98 Å². The Morgan fingerprint density at radius 1 is 0.889 bits per heavy atom. The van der Waals surface area contributed by atoms with Crippen LogP contribution in [0.5, 0.6) is 0 Å². The number of carbonyl (C=O) groups excluding carboxylic acids is 2. The zero-order valence-corrected chi connectivity index (χ0v) is 16.4. The van der Waals surface area contributed by atoms with Gasteiger partial charge < -0.3 is 10.6 Å². The molecular weight excluding hydrogens is 430 g/mol. The third-order valence-electron chi connectivity index (χ3n) is 3.69. The van der Waals surface area contributed by atoms with E-state index < -0.39 is 0 Å². The number of anilines is 2. The zero-order valence-electron chi connectivity index (χ0n) is 14.1. The molecule has 0 saturated heterocycles. The van der Waals surface area contributed by atoms with Crippen LogP contribution in [0, 0.1) is 0 Å². The summed E-state index contributed by atoms with van der Waals surface area (Å²) in [4.78, 5) is 28.2. The maximum Gasteiger partial charge on any atom is 0.255 e. The summed E-state index contributed by atoms with van der Waals surface area (Å²) in [6, 6.07) is 17.5. The lowest BCUT2D eigenvalue weighted by Gasteiger charge is -2.08. The number of pyridine rings is 1. The molecule has 0 bridgehead atoms. The first kappa shape index (κ1) is 19.1. The van der Waals surface area contributed by atoms with Crippen LogP contribution >= 0.6 is 27.5 Å². The lowest BCUT2D eigenvalue weighted by molar-refractivity contribution is -0.115. The number of halogens is 2. The quantitative estimate of drug-likeness (QED) is 0.548. The Morgan fingerprint density at radius 2 is 1.56 bits per heavy atom. The molecule has 0 aliphatic carbocycles. The van der Waals surface area contributed by atoms with Gasteiger partial charge in [-0.3, -0.25) is 9.59 Å². The van der Waals surface area contributed by atoms with Gasteiger partial charge in [-0.05, 0) is 54.1 Å². The van der Waals surface area contributed by atoms with Crippen LogP contribution in [0.15, 0.2) is 71.3 Å². The van der Waals surface area contributed by atoms with Crippen LogP contribution in [-0.4, -0.2) is 16.8 Å². The first-order valence-electron chi connectivity index (χ1n) is 8.07. The van der Waals surface area contributed by atoms with E-state index in [1.807, 2.05) is 12.1 Å². The smallest absolute Gasteiger partial charge is 0.255 e. The Balaban J connectivity index is 1.56. The molecule has 0 aliphatic rings. The van der Waals surface area contributed by atoms with Crippen molar-refractivity contribution in [1.29, 1.82) is 0 Å². The summed E-state index contributed by atoms with van der Waals surface area (Å²) in [6.45, 7) is 0. The molecule has 27 heavy (non-hydrogen) atoms. The maximum absolute atomic E-state index is 12.2. The standard InChI is InChI=1S/C20H15BrClN3O2/c21-15-5-3-14(4-6-15)20(27)25-16-7-1-13(2-8-16)11-19(26)24-17-9-10-18(22)23-12-17/h1-10,12H,11H2,(H,24,26)(H,25,27). The van der Waals surface area contributed by atoms with Gasteiger partial charge in [0.25, 0.3) is 5.91 Å². The second-order valence-electron chi connectivity index (χ2n) is 5.75. The fourth-order valence-corrected chi connectivity index (χ4v) is 2.73. The zero-order chi connectivity index (χ0) is 19.2. The Labute approximate surface area is 169 Å². The number of amides is 2. The molecule has 0 fully saturated rings. The van der Waals surface area contributed by atoms with E-state index in [0.717, 1.165) is 10.0 Å². The van der Waals surface area contributed by atoms with Gasteiger partial charge in [-0.15, -0.1) is 0 Å². The van der Waals surface area contributed by atoms with E-state index in [2.05, 4.69) is 31.5 Å². The largest absolute Gasteiger partial charge is 0.324 e. The Hall–Kier alpha value is -2.70. The number of hydrogen-bond donors (Lipinski definition) is 2. The fourth-order valence-electron chi connectivity index (χ4n) is 2.35. The number of nitrogens with zero attached hydrogens (tertiary/aromatic N) is 1. The van der Waals surface area contributed by atoms with Crippen molar-refractivity contribution in [2.24, 2.45) is 0 Å². The molecule has 0 aliphatic heterocycles. The van der Waals surface area contributed by atoms with Gasteiger partial charge in [-0.1, -0.05) is 39.7 Å². The summed E-state index contributed by atoms with van der Waals surface area (Å²) in [5.41, 5.74) is 2.64.